The molecule has 1 N–H and O–H groups in total. The summed E-state index contributed by atoms with van der Waals surface area (Å²) in [5.74, 6) is 0.164. The number of nitrogens with one attached hydrogen (secondary N) is 1. The van der Waals surface area contributed by atoms with E-state index in [-0.39, 0.29) is 18.1 Å². The molecule has 2 saturated heterocycles. The van der Waals surface area contributed by atoms with Crippen LogP contribution in [0.15, 0.2) is 0 Å². The summed E-state index contributed by atoms with van der Waals surface area (Å²) in [6, 6.07) is 0.275. The summed E-state index contributed by atoms with van der Waals surface area (Å²) in [5.41, 5.74) is 0. The first-order valence-corrected chi connectivity index (χ1v) is 6.57. The van der Waals surface area contributed by atoms with Crippen LogP contribution in [0.1, 0.15) is 13.8 Å². The molecule has 1 amide bonds. The highest BCUT2D eigenvalue weighted by Gasteiger charge is 2.32. The minimum absolute atomic E-state index is 0.164. The van der Waals surface area contributed by atoms with E-state index in [2.05, 4.69) is 24.1 Å². The van der Waals surface area contributed by atoms with Crippen molar-refractivity contribution in [2.24, 2.45) is 0 Å². The topological polar surface area (TPSA) is 44.8 Å². The van der Waals surface area contributed by atoms with E-state index in [0.29, 0.717) is 6.61 Å². The van der Waals surface area contributed by atoms with Gasteiger partial charge in [-0.2, -0.15) is 0 Å². The Bertz CT molecular complexity index is 272. The van der Waals surface area contributed by atoms with Gasteiger partial charge in [-0.05, 0) is 13.5 Å². The fraction of sp³-hybridized carbons (Fsp3) is 0.917. The van der Waals surface area contributed by atoms with Gasteiger partial charge in [0.05, 0.1) is 6.61 Å². The van der Waals surface area contributed by atoms with Crippen LogP contribution in [0.25, 0.3) is 0 Å². The SMILES string of the molecule is CCN1CCOC(C(=O)N2CCNC[C@H]2C)C1. The molecule has 0 bridgehead atoms. The molecule has 0 radical (unpaired) electrons. The van der Waals surface area contributed by atoms with Crippen molar-refractivity contribution in [1.29, 1.82) is 0 Å². The first-order valence-electron chi connectivity index (χ1n) is 6.57. The molecular formula is C12H23N3O2. The molecule has 0 saturated carbocycles. The molecule has 2 atom stereocenters. The second-order valence-corrected chi connectivity index (χ2v) is 4.84. The minimum Gasteiger partial charge on any atom is -0.366 e. The summed E-state index contributed by atoms with van der Waals surface area (Å²) in [5, 5.41) is 3.30. The summed E-state index contributed by atoms with van der Waals surface area (Å²) in [4.78, 5) is 16.6. The van der Waals surface area contributed by atoms with Gasteiger partial charge in [-0.25, -0.2) is 0 Å². The van der Waals surface area contributed by atoms with Crippen molar-refractivity contribution in [3.8, 4) is 0 Å². The van der Waals surface area contributed by atoms with Crippen molar-refractivity contribution in [1.82, 2.24) is 15.1 Å². The Labute approximate surface area is 103 Å². The van der Waals surface area contributed by atoms with Crippen molar-refractivity contribution in [2.45, 2.75) is 26.0 Å². The highest BCUT2D eigenvalue weighted by molar-refractivity contribution is 5.81. The van der Waals surface area contributed by atoms with Crippen molar-refractivity contribution >= 4 is 5.91 Å². The zero-order chi connectivity index (χ0) is 12.3. The van der Waals surface area contributed by atoms with Crippen LogP contribution in [0.3, 0.4) is 0 Å². The maximum absolute atomic E-state index is 12.4. The van der Waals surface area contributed by atoms with E-state index < -0.39 is 0 Å². The lowest BCUT2D eigenvalue weighted by atomic mass is 10.1. The summed E-state index contributed by atoms with van der Waals surface area (Å²) < 4.78 is 5.62. The third-order valence-corrected chi connectivity index (χ3v) is 3.66. The molecule has 5 nitrogen and oxygen atoms in total. The average Bonchev–Trinajstić information content (AvgIpc) is 2.38. The highest BCUT2D eigenvalue weighted by atomic mass is 16.5. The zero-order valence-electron chi connectivity index (χ0n) is 10.8. The van der Waals surface area contributed by atoms with E-state index in [0.717, 1.165) is 39.3 Å². The fourth-order valence-corrected chi connectivity index (χ4v) is 2.49. The molecule has 2 heterocycles. The summed E-state index contributed by atoms with van der Waals surface area (Å²) in [7, 11) is 0. The lowest BCUT2D eigenvalue weighted by Gasteiger charge is -2.39. The molecule has 98 valence electrons. The van der Waals surface area contributed by atoms with E-state index >= 15 is 0 Å². The first kappa shape index (κ1) is 12.8. The smallest absolute Gasteiger partial charge is 0.253 e. The molecule has 2 aliphatic rings. The standard InChI is InChI=1S/C12H23N3O2/c1-3-14-6-7-17-11(9-14)12(16)15-5-4-13-8-10(15)2/h10-11,13H,3-9H2,1-2H3/t10-,11?/m1/s1. The number of ether oxygens (including phenoxy) is 1. The number of hydrogen-bond acceptors (Lipinski definition) is 4. The van der Waals surface area contributed by atoms with Gasteiger partial charge in [0.2, 0.25) is 0 Å². The Morgan fingerprint density at radius 1 is 1.47 bits per heavy atom. The zero-order valence-corrected chi connectivity index (χ0v) is 10.8. The first-order chi connectivity index (χ1) is 8.22. The Kier molecular flexibility index (Phi) is 4.36. The summed E-state index contributed by atoms with van der Waals surface area (Å²) in [6.07, 6.45) is -0.260. The summed E-state index contributed by atoms with van der Waals surface area (Å²) >= 11 is 0. The van der Waals surface area contributed by atoms with E-state index in [1.807, 2.05) is 4.90 Å². The lowest BCUT2D eigenvalue weighted by Crippen LogP contribution is -2.58. The largest absolute Gasteiger partial charge is 0.366 e. The molecule has 0 aromatic rings. The number of morpholine rings is 1. The predicted octanol–water partition coefficient (Wildman–Crippen LogP) is -0.473. The highest BCUT2D eigenvalue weighted by Crippen LogP contribution is 2.11. The molecule has 2 aliphatic heterocycles. The van der Waals surface area contributed by atoms with Crippen molar-refractivity contribution < 1.29 is 9.53 Å². The van der Waals surface area contributed by atoms with Gasteiger partial charge in [-0.15, -0.1) is 0 Å². The molecule has 5 heteroatoms. The van der Waals surface area contributed by atoms with Crippen LogP contribution in [0.4, 0.5) is 0 Å². The molecule has 0 aromatic carbocycles. The molecule has 0 aromatic heterocycles. The Balaban J connectivity index is 1.93. The summed E-state index contributed by atoms with van der Waals surface area (Å²) in [6.45, 7) is 10.1. The van der Waals surface area contributed by atoms with Gasteiger partial charge in [-0.1, -0.05) is 6.92 Å². The van der Waals surface area contributed by atoms with Crippen LogP contribution in [0.2, 0.25) is 0 Å². The van der Waals surface area contributed by atoms with Crippen LogP contribution in [-0.2, 0) is 9.53 Å². The van der Waals surface area contributed by atoms with Crippen molar-refractivity contribution in [3.63, 3.8) is 0 Å². The van der Waals surface area contributed by atoms with Crippen LogP contribution >= 0.6 is 0 Å². The van der Waals surface area contributed by atoms with Gasteiger partial charge < -0.3 is 15.0 Å². The molecule has 2 rings (SSSR count). The number of nitrogens with zero attached hydrogens (tertiary/aromatic N) is 2. The third kappa shape index (κ3) is 2.97. The van der Waals surface area contributed by atoms with Crippen LogP contribution in [0, 0.1) is 0 Å². The second-order valence-electron chi connectivity index (χ2n) is 4.84. The molecule has 0 aliphatic carbocycles. The van der Waals surface area contributed by atoms with E-state index in [1.54, 1.807) is 0 Å². The molecule has 1 unspecified atom stereocenters. The normalized spacial score (nSPS) is 31.5. The number of carbonyl (C=O) groups excluding carboxylic acids is 1. The van der Waals surface area contributed by atoms with Gasteiger partial charge in [0, 0.05) is 38.8 Å². The van der Waals surface area contributed by atoms with Crippen LogP contribution < -0.4 is 5.32 Å². The van der Waals surface area contributed by atoms with Crippen LogP contribution in [0.5, 0.6) is 0 Å². The van der Waals surface area contributed by atoms with E-state index in [1.165, 1.54) is 0 Å². The predicted molar refractivity (Wildman–Crippen MR) is 65.9 cm³/mol. The molecule has 0 spiro atoms. The number of hydrogen-bond donors (Lipinski definition) is 1. The van der Waals surface area contributed by atoms with Crippen molar-refractivity contribution in [2.75, 3.05) is 45.9 Å². The molecular weight excluding hydrogens is 218 g/mol. The fourth-order valence-electron chi connectivity index (χ4n) is 2.49. The maximum atomic E-state index is 12.4. The Morgan fingerprint density at radius 2 is 2.29 bits per heavy atom. The number of carbonyl (C=O) groups is 1. The third-order valence-electron chi connectivity index (χ3n) is 3.66. The minimum atomic E-state index is -0.260. The van der Waals surface area contributed by atoms with E-state index in [4.69, 9.17) is 4.74 Å². The number of likely N-dealkylation sites (N-methyl/N-ethyl adjacent to an activating group) is 1. The van der Waals surface area contributed by atoms with Gasteiger partial charge in [0.1, 0.15) is 6.10 Å². The monoisotopic (exact) mass is 241 g/mol. The van der Waals surface area contributed by atoms with Crippen LogP contribution in [-0.4, -0.2) is 73.7 Å². The van der Waals surface area contributed by atoms with Gasteiger partial charge in [-0.3, -0.25) is 9.69 Å². The van der Waals surface area contributed by atoms with Gasteiger partial charge in [0.25, 0.3) is 5.91 Å². The Morgan fingerprint density at radius 3 is 3.00 bits per heavy atom. The molecule has 17 heavy (non-hydrogen) atoms. The number of piperazine rings is 1. The quantitative estimate of drug-likeness (QED) is 0.710. The van der Waals surface area contributed by atoms with Crippen molar-refractivity contribution in [3.05, 3.63) is 0 Å². The number of rotatable bonds is 2. The number of amides is 1. The lowest BCUT2D eigenvalue weighted by molar-refractivity contribution is -0.152. The molecule has 2 fully saturated rings. The Hall–Kier alpha value is -0.650. The van der Waals surface area contributed by atoms with E-state index in [9.17, 15) is 4.79 Å². The van der Waals surface area contributed by atoms with Gasteiger partial charge >= 0.3 is 0 Å². The maximum Gasteiger partial charge on any atom is 0.253 e. The second kappa shape index (κ2) is 5.80. The average molecular weight is 241 g/mol. The van der Waals surface area contributed by atoms with Gasteiger partial charge in [0.15, 0.2) is 0 Å².